The molecule has 2 aromatic carbocycles. The average Bonchev–Trinajstić information content (AvgIpc) is 2.76. The summed E-state index contributed by atoms with van der Waals surface area (Å²) < 4.78 is 73.1. The molecule has 0 N–H and O–H groups in total. The minimum absolute atomic E-state index is 0.255. The van der Waals surface area contributed by atoms with Gasteiger partial charge in [-0.3, -0.25) is 0 Å². The van der Waals surface area contributed by atoms with Crippen molar-refractivity contribution >= 4 is 12.0 Å². The number of halogens is 5. The number of unbranched alkanes of at least 4 members (excludes halogenated alkanes) is 2. The number of carbonyl (C=O) groups is 1. The number of allylic oxidation sites excluding steroid dienone is 1. The van der Waals surface area contributed by atoms with Gasteiger partial charge in [0.15, 0.2) is 17.5 Å². The number of carbonyl (C=O) groups excluding carboxylic acids is 1. The Balaban J connectivity index is 1.62. The highest BCUT2D eigenvalue weighted by molar-refractivity contribution is 5.92. The van der Waals surface area contributed by atoms with Crippen LogP contribution < -0.4 is 4.74 Å². The minimum atomic E-state index is -1.74. The maximum atomic E-state index is 14.5. The normalized spacial score (nSPS) is 18.6. The Morgan fingerprint density at radius 2 is 1.52 bits per heavy atom. The van der Waals surface area contributed by atoms with E-state index >= 15 is 0 Å². The largest absolute Gasteiger partial charge is 0.423 e. The molecule has 0 aliphatic heterocycles. The Morgan fingerprint density at radius 1 is 0.909 bits per heavy atom. The van der Waals surface area contributed by atoms with E-state index in [1.165, 1.54) is 25.7 Å². The topological polar surface area (TPSA) is 26.3 Å². The zero-order chi connectivity index (χ0) is 24.0. The lowest BCUT2D eigenvalue weighted by Crippen LogP contribution is -2.14. The van der Waals surface area contributed by atoms with E-state index in [1.54, 1.807) is 6.08 Å². The number of hydrogen-bond donors (Lipinski definition) is 0. The molecule has 2 nitrogen and oxygen atoms in total. The molecule has 0 heterocycles. The molecule has 7 heteroatoms. The predicted molar refractivity (Wildman–Crippen MR) is 116 cm³/mol. The van der Waals surface area contributed by atoms with E-state index in [0.717, 1.165) is 43.7 Å². The molecular weight excluding hydrogens is 439 g/mol. The number of ether oxygens (including phenoxy) is 1. The van der Waals surface area contributed by atoms with Crippen LogP contribution in [0.3, 0.4) is 0 Å². The van der Waals surface area contributed by atoms with E-state index in [0.29, 0.717) is 18.1 Å². The fourth-order valence-electron chi connectivity index (χ4n) is 4.23. The van der Waals surface area contributed by atoms with Crippen LogP contribution in [0.2, 0.25) is 0 Å². The first-order valence-electron chi connectivity index (χ1n) is 11.3. The maximum absolute atomic E-state index is 14.5. The molecule has 0 aromatic heterocycles. The van der Waals surface area contributed by atoms with Gasteiger partial charge in [-0.1, -0.05) is 44.8 Å². The smallest absolute Gasteiger partial charge is 0.349 e. The molecule has 0 radical (unpaired) electrons. The lowest BCUT2D eigenvalue weighted by Gasteiger charge is -2.26. The summed E-state index contributed by atoms with van der Waals surface area (Å²) in [7, 11) is 0. The van der Waals surface area contributed by atoms with Crippen molar-refractivity contribution in [2.45, 2.75) is 58.3 Å². The second-order valence-electron chi connectivity index (χ2n) is 8.59. The molecule has 178 valence electrons. The summed E-state index contributed by atoms with van der Waals surface area (Å²) in [5.74, 6) is -8.34. The first-order chi connectivity index (χ1) is 15.8. The Bertz CT molecular complexity index is 964. The first kappa shape index (κ1) is 24.9. The number of esters is 1. The van der Waals surface area contributed by atoms with Crippen LogP contribution in [0, 0.1) is 40.9 Å². The van der Waals surface area contributed by atoms with Gasteiger partial charge < -0.3 is 4.74 Å². The Kier molecular flexibility index (Phi) is 8.64. The summed E-state index contributed by atoms with van der Waals surface area (Å²) >= 11 is 0. The monoisotopic (exact) mass is 466 g/mol. The van der Waals surface area contributed by atoms with Gasteiger partial charge in [-0.05, 0) is 55.2 Å². The summed E-state index contributed by atoms with van der Waals surface area (Å²) in [4.78, 5) is 12.1. The molecule has 1 aliphatic rings. The van der Waals surface area contributed by atoms with Crippen LogP contribution in [0.4, 0.5) is 22.0 Å². The van der Waals surface area contributed by atoms with Crippen LogP contribution >= 0.6 is 0 Å². The summed E-state index contributed by atoms with van der Waals surface area (Å²) in [6.45, 7) is 2.19. The van der Waals surface area contributed by atoms with E-state index in [4.69, 9.17) is 0 Å². The Hall–Kier alpha value is -2.70. The van der Waals surface area contributed by atoms with E-state index in [1.807, 2.05) is 6.08 Å². The third-order valence-corrected chi connectivity index (χ3v) is 6.10. The van der Waals surface area contributed by atoms with Gasteiger partial charge in [0, 0.05) is 12.1 Å². The van der Waals surface area contributed by atoms with Crippen molar-refractivity contribution in [1.29, 1.82) is 0 Å². The van der Waals surface area contributed by atoms with Gasteiger partial charge in [0.1, 0.15) is 22.9 Å². The standard InChI is InChI=1S/C26H27F5O2/c1-2-3-4-5-16-6-8-17(9-7-16)10-11-18-12-20(27)24(21(28)13-18)26(32)33-19-14-22(29)25(31)23(30)15-19/h10-17H,2-9H2,1H3/b11-10+. The molecule has 0 amide bonds. The molecule has 0 atom stereocenters. The zero-order valence-electron chi connectivity index (χ0n) is 18.5. The van der Waals surface area contributed by atoms with Gasteiger partial charge in [-0.2, -0.15) is 0 Å². The molecule has 33 heavy (non-hydrogen) atoms. The molecule has 1 aliphatic carbocycles. The highest BCUT2D eigenvalue weighted by Gasteiger charge is 2.23. The second kappa shape index (κ2) is 11.4. The zero-order valence-corrected chi connectivity index (χ0v) is 18.5. The van der Waals surface area contributed by atoms with Gasteiger partial charge in [0.2, 0.25) is 0 Å². The first-order valence-corrected chi connectivity index (χ1v) is 11.3. The van der Waals surface area contributed by atoms with Crippen molar-refractivity contribution in [3.8, 4) is 5.75 Å². The fraction of sp³-hybridized carbons (Fsp3) is 0.423. The lowest BCUT2D eigenvalue weighted by atomic mass is 9.79. The lowest BCUT2D eigenvalue weighted by molar-refractivity contribution is 0.0723. The molecular formula is C26H27F5O2. The average molecular weight is 466 g/mol. The molecule has 0 unspecified atom stereocenters. The molecule has 2 aromatic rings. The van der Waals surface area contributed by atoms with E-state index in [9.17, 15) is 26.7 Å². The number of rotatable bonds is 8. The van der Waals surface area contributed by atoms with Crippen LogP contribution in [0.15, 0.2) is 30.3 Å². The molecule has 0 bridgehead atoms. The molecule has 1 fully saturated rings. The number of benzene rings is 2. The second-order valence-corrected chi connectivity index (χ2v) is 8.59. The summed E-state index contributed by atoms with van der Waals surface area (Å²) in [6.07, 6.45) is 12.9. The third-order valence-electron chi connectivity index (χ3n) is 6.10. The van der Waals surface area contributed by atoms with Gasteiger partial charge in [-0.25, -0.2) is 26.7 Å². The maximum Gasteiger partial charge on any atom is 0.349 e. The summed E-state index contributed by atoms with van der Waals surface area (Å²) in [6, 6.07) is 2.83. The van der Waals surface area contributed by atoms with E-state index in [2.05, 4.69) is 11.7 Å². The van der Waals surface area contributed by atoms with Crippen LogP contribution in [-0.4, -0.2) is 5.97 Å². The minimum Gasteiger partial charge on any atom is -0.423 e. The van der Waals surface area contributed by atoms with Crippen molar-refractivity contribution in [2.75, 3.05) is 0 Å². The predicted octanol–water partition coefficient (Wildman–Crippen LogP) is 8.00. The van der Waals surface area contributed by atoms with Gasteiger partial charge >= 0.3 is 5.97 Å². The van der Waals surface area contributed by atoms with Gasteiger partial charge in [0.05, 0.1) is 0 Å². The van der Waals surface area contributed by atoms with E-state index in [-0.39, 0.29) is 5.56 Å². The van der Waals surface area contributed by atoms with Crippen molar-refractivity contribution < 1.29 is 31.5 Å². The Labute approximate surface area is 190 Å². The third kappa shape index (κ3) is 6.65. The molecule has 3 rings (SSSR count). The van der Waals surface area contributed by atoms with Crippen LogP contribution in [0.5, 0.6) is 5.75 Å². The SMILES string of the molecule is CCCCCC1CCC(/C=C/c2cc(F)c(C(=O)Oc3cc(F)c(F)c(F)c3)c(F)c2)CC1. The molecule has 0 saturated heterocycles. The molecule has 0 spiro atoms. The summed E-state index contributed by atoms with van der Waals surface area (Å²) in [5, 5.41) is 0. The van der Waals surface area contributed by atoms with Gasteiger partial charge in [-0.15, -0.1) is 0 Å². The number of hydrogen-bond acceptors (Lipinski definition) is 2. The Morgan fingerprint density at radius 3 is 2.09 bits per heavy atom. The highest BCUT2D eigenvalue weighted by Crippen LogP contribution is 2.33. The quantitative estimate of drug-likeness (QED) is 0.130. The van der Waals surface area contributed by atoms with Crippen molar-refractivity contribution in [2.24, 2.45) is 11.8 Å². The molecule has 1 saturated carbocycles. The summed E-state index contributed by atoms with van der Waals surface area (Å²) in [5.41, 5.74) is -0.740. The van der Waals surface area contributed by atoms with Crippen LogP contribution in [0.25, 0.3) is 6.08 Å². The van der Waals surface area contributed by atoms with Crippen molar-refractivity contribution in [1.82, 2.24) is 0 Å². The van der Waals surface area contributed by atoms with Crippen molar-refractivity contribution in [3.63, 3.8) is 0 Å². The van der Waals surface area contributed by atoms with Crippen LogP contribution in [0.1, 0.15) is 74.2 Å². The highest BCUT2D eigenvalue weighted by atomic mass is 19.2. The van der Waals surface area contributed by atoms with Crippen molar-refractivity contribution in [3.05, 3.63) is 70.6 Å². The van der Waals surface area contributed by atoms with E-state index < -0.39 is 46.4 Å². The van der Waals surface area contributed by atoms with Gasteiger partial charge in [0.25, 0.3) is 0 Å². The fourth-order valence-corrected chi connectivity index (χ4v) is 4.23. The van der Waals surface area contributed by atoms with Crippen LogP contribution in [-0.2, 0) is 0 Å².